The summed E-state index contributed by atoms with van der Waals surface area (Å²) in [4.78, 5) is 10.5. The molecule has 1 rings (SSSR count). The van der Waals surface area contributed by atoms with E-state index in [0.717, 1.165) is 27.4 Å². The maximum absolute atomic E-state index is 10.5. The molecule has 0 atom stereocenters. The van der Waals surface area contributed by atoms with Gasteiger partial charge < -0.3 is 4.74 Å². The van der Waals surface area contributed by atoms with Gasteiger partial charge in [-0.1, -0.05) is 15.9 Å². The smallest absolute Gasteiger partial charge is 0.150 e. The summed E-state index contributed by atoms with van der Waals surface area (Å²) in [6, 6.07) is 3.88. The predicted octanol–water partition coefficient (Wildman–Crippen LogP) is 3.14. The first-order valence-electron chi connectivity index (χ1n) is 4.18. The molecule has 0 aliphatic rings. The van der Waals surface area contributed by atoms with Gasteiger partial charge in [0.05, 0.1) is 0 Å². The lowest BCUT2D eigenvalue weighted by Crippen LogP contribution is -1.88. The van der Waals surface area contributed by atoms with E-state index in [1.165, 1.54) is 0 Å². The molecule has 0 aliphatic carbocycles. The van der Waals surface area contributed by atoms with Crippen molar-refractivity contribution in [2.75, 3.05) is 14.2 Å². The van der Waals surface area contributed by atoms with Gasteiger partial charge in [0.2, 0.25) is 0 Å². The highest BCUT2D eigenvalue weighted by molar-refractivity contribution is 9.10. The molecule has 0 unspecified atom stereocenters. The third-order valence-corrected chi connectivity index (χ3v) is 2.48. The van der Waals surface area contributed by atoms with Gasteiger partial charge in [-0.05, 0) is 37.1 Å². The third-order valence-electron chi connectivity index (χ3n) is 1.66. The molecule has 0 aromatic heterocycles. The molecule has 0 radical (unpaired) electrons. The fourth-order valence-corrected chi connectivity index (χ4v) is 1.55. The van der Waals surface area contributed by atoms with Crippen LogP contribution >= 0.6 is 15.9 Å². The molecule has 0 saturated heterocycles. The zero-order valence-electron chi connectivity index (χ0n) is 8.93. The highest BCUT2D eigenvalue weighted by Crippen LogP contribution is 2.20. The molecule has 0 spiro atoms. The van der Waals surface area contributed by atoms with Gasteiger partial charge in [-0.3, -0.25) is 4.79 Å². The Labute approximate surface area is 93.4 Å². The average molecular weight is 259 g/mol. The number of halogens is 1. The molecule has 0 aliphatic heterocycles. The number of carbonyl (C=O) groups excluding carboxylic acids is 1. The molecule has 0 fully saturated rings. The Morgan fingerprint density at radius 3 is 2.21 bits per heavy atom. The Bertz CT molecular complexity index is 308. The summed E-state index contributed by atoms with van der Waals surface area (Å²) in [5.74, 6) is 0. The first kappa shape index (κ1) is 13.3. The van der Waals surface area contributed by atoms with Gasteiger partial charge >= 0.3 is 0 Å². The van der Waals surface area contributed by atoms with Crippen LogP contribution in [0.1, 0.15) is 21.5 Å². The zero-order chi connectivity index (χ0) is 11.1. The number of aryl methyl sites for hydroxylation is 1. The summed E-state index contributed by atoms with van der Waals surface area (Å²) in [5, 5.41) is 0. The van der Waals surface area contributed by atoms with Crippen LogP contribution in [-0.2, 0) is 4.74 Å². The lowest BCUT2D eigenvalue weighted by atomic mass is 10.1. The lowest BCUT2D eigenvalue weighted by Gasteiger charge is -2.02. The molecule has 78 valence electrons. The first-order valence-corrected chi connectivity index (χ1v) is 4.98. The molecule has 1 aromatic rings. The Balaban J connectivity index is 0.000000500. The second-order valence-electron chi connectivity index (χ2n) is 2.99. The van der Waals surface area contributed by atoms with Crippen LogP contribution in [0.5, 0.6) is 0 Å². The maximum atomic E-state index is 10.5. The molecule has 3 heteroatoms. The molecule has 0 bridgehead atoms. The molecule has 0 N–H and O–H groups in total. The lowest BCUT2D eigenvalue weighted by molar-refractivity contribution is 0.112. The van der Waals surface area contributed by atoms with Crippen molar-refractivity contribution in [3.63, 3.8) is 0 Å². The number of methoxy groups -OCH3 is 1. The van der Waals surface area contributed by atoms with Crippen molar-refractivity contribution in [2.24, 2.45) is 0 Å². The van der Waals surface area contributed by atoms with Crippen molar-refractivity contribution in [1.82, 2.24) is 0 Å². The van der Waals surface area contributed by atoms with Gasteiger partial charge in [0.25, 0.3) is 0 Å². The van der Waals surface area contributed by atoms with Crippen molar-refractivity contribution in [3.05, 3.63) is 33.3 Å². The van der Waals surface area contributed by atoms with E-state index in [9.17, 15) is 4.79 Å². The van der Waals surface area contributed by atoms with Crippen LogP contribution in [0.15, 0.2) is 16.6 Å². The standard InChI is InChI=1S/C9H9BrO.C2H6O/c1-6-3-8(5-11)7(2)9(10)4-6;1-3-2/h3-5H,1-2H3;1-2H3. The molecule has 2 nitrogen and oxygen atoms in total. The zero-order valence-corrected chi connectivity index (χ0v) is 10.5. The topological polar surface area (TPSA) is 26.3 Å². The van der Waals surface area contributed by atoms with E-state index in [2.05, 4.69) is 20.7 Å². The first-order chi connectivity index (χ1) is 6.56. The minimum atomic E-state index is 0.761. The molecule has 0 amide bonds. The van der Waals surface area contributed by atoms with Gasteiger partial charge in [0, 0.05) is 24.3 Å². The Hall–Kier alpha value is -0.670. The number of carbonyl (C=O) groups is 1. The number of benzene rings is 1. The maximum Gasteiger partial charge on any atom is 0.150 e. The van der Waals surface area contributed by atoms with Crippen molar-refractivity contribution >= 4 is 22.2 Å². The minimum absolute atomic E-state index is 0.761. The largest absolute Gasteiger partial charge is 0.388 e. The van der Waals surface area contributed by atoms with Crippen LogP contribution < -0.4 is 0 Å². The van der Waals surface area contributed by atoms with E-state index in [1.54, 1.807) is 14.2 Å². The molecule has 0 heterocycles. The third kappa shape index (κ3) is 4.03. The Morgan fingerprint density at radius 2 is 1.79 bits per heavy atom. The van der Waals surface area contributed by atoms with E-state index < -0.39 is 0 Å². The minimum Gasteiger partial charge on any atom is -0.388 e. The number of rotatable bonds is 1. The van der Waals surface area contributed by atoms with Crippen molar-refractivity contribution < 1.29 is 9.53 Å². The number of aldehydes is 1. The van der Waals surface area contributed by atoms with Crippen LogP contribution in [0.25, 0.3) is 0 Å². The summed E-state index contributed by atoms with van der Waals surface area (Å²) in [7, 11) is 3.25. The van der Waals surface area contributed by atoms with Crippen LogP contribution in [0.2, 0.25) is 0 Å². The summed E-state index contributed by atoms with van der Waals surface area (Å²) in [5.41, 5.74) is 2.87. The Morgan fingerprint density at radius 1 is 1.29 bits per heavy atom. The second kappa shape index (κ2) is 6.74. The van der Waals surface area contributed by atoms with E-state index in [4.69, 9.17) is 0 Å². The second-order valence-corrected chi connectivity index (χ2v) is 3.84. The van der Waals surface area contributed by atoms with Gasteiger partial charge in [0.15, 0.2) is 0 Å². The fraction of sp³-hybridized carbons (Fsp3) is 0.364. The molecule has 14 heavy (non-hydrogen) atoms. The van der Waals surface area contributed by atoms with Gasteiger partial charge in [-0.2, -0.15) is 0 Å². The highest BCUT2D eigenvalue weighted by Gasteiger charge is 2.01. The van der Waals surface area contributed by atoms with Crippen molar-refractivity contribution in [2.45, 2.75) is 13.8 Å². The summed E-state index contributed by atoms with van der Waals surface area (Å²) >= 11 is 3.38. The van der Waals surface area contributed by atoms with Crippen LogP contribution in [0, 0.1) is 13.8 Å². The highest BCUT2D eigenvalue weighted by atomic mass is 79.9. The summed E-state index contributed by atoms with van der Waals surface area (Å²) < 4.78 is 5.25. The monoisotopic (exact) mass is 258 g/mol. The van der Waals surface area contributed by atoms with E-state index in [1.807, 2.05) is 26.0 Å². The predicted molar refractivity (Wildman–Crippen MR) is 61.9 cm³/mol. The molecule has 0 saturated carbocycles. The van der Waals surface area contributed by atoms with Crippen molar-refractivity contribution in [1.29, 1.82) is 0 Å². The van der Waals surface area contributed by atoms with Gasteiger partial charge in [-0.25, -0.2) is 0 Å². The normalized spacial score (nSPS) is 8.93. The van der Waals surface area contributed by atoms with Gasteiger partial charge in [-0.15, -0.1) is 0 Å². The summed E-state index contributed by atoms with van der Waals surface area (Å²) in [6.07, 6.45) is 0.882. The van der Waals surface area contributed by atoms with E-state index >= 15 is 0 Å². The van der Waals surface area contributed by atoms with Crippen LogP contribution in [0.4, 0.5) is 0 Å². The van der Waals surface area contributed by atoms with Crippen molar-refractivity contribution in [3.8, 4) is 0 Å². The van der Waals surface area contributed by atoms with E-state index in [0.29, 0.717) is 0 Å². The number of hydrogen-bond donors (Lipinski definition) is 0. The Kier molecular flexibility index (Phi) is 6.41. The molecule has 1 aromatic carbocycles. The van der Waals surface area contributed by atoms with E-state index in [-0.39, 0.29) is 0 Å². The molecular formula is C11H15BrO2. The van der Waals surface area contributed by atoms with Crippen LogP contribution in [0.3, 0.4) is 0 Å². The quantitative estimate of drug-likeness (QED) is 0.724. The van der Waals surface area contributed by atoms with Gasteiger partial charge in [0.1, 0.15) is 6.29 Å². The summed E-state index contributed by atoms with van der Waals surface area (Å²) in [6.45, 7) is 3.89. The number of hydrogen-bond acceptors (Lipinski definition) is 2. The fourth-order valence-electron chi connectivity index (χ4n) is 0.964. The average Bonchev–Trinajstić information content (AvgIpc) is 2.12. The SMILES string of the molecule is COC.Cc1cc(Br)c(C)c(C=O)c1. The number of ether oxygens (including phenoxy) is 1. The van der Waals surface area contributed by atoms with Crippen LogP contribution in [-0.4, -0.2) is 20.5 Å². The molecular weight excluding hydrogens is 244 g/mol.